The van der Waals surface area contributed by atoms with Crippen molar-refractivity contribution in [3.63, 3.8) is 0 Å². The fourth-order valence-electron chi connectivity index (χ4n) is 2.51. The number of rotatable bonds is 2. The van der Waals surface area contributed by atoms with E-state index in [0.717, 1.165) is 12.8 Å². The quantitative estimate of drug-likeness (QED) is 0.882. The molecule has 0 spiro atoms. The van der Waals surface area contributed by atoms with Crippen molar-refractivity contribution in [3.05, 3.63) is 17.3 Å². The first kappa shape index (κ1) is 12.3. The second-order valence-corrected chi connectivity index (χ2v) is 5.86. The maximum atomic E-state index is 12.3. The number of aromatic nitrogens is 2. The monoisotopic (exact) mass is 276 g/mol. The lowest BCUT2D eigenvalue weighted by Gasteiger charge is -2.22. The van der Waals surface area contributed by atoms with Gasteiger partial charge in [-0.15, -0.1) is 11.3 Å². The Hall–Kier alpha value is -1.69. The normalized spacial score (nSPS) is 16.6. The lowest BCUT2D eigenvalue weighted by Crippen LogP contribution is -2.36. The molecule has 0 bridgehead atoms. The van der Waals surface area contributed by atoms with Crippen LogP contribution in [-0.2, 0) is 0 Å². The van der Waals surface area contributed by atoms with E-state index in [0.29, 0.717) is 20.9 Å². The minimum atomic E-state index is -0.0887. The highest BCUT2D eigenvalue weighted by Gasteiger charge is 2.21. The van der Waals surface area contributed by atoms with Crippen LogP contribution in [-0.4, -0.2) is 21.9 Å². The molecule has 0 unspecified atom stereocenters. The van der Waals surface area contributed by atoms with Crippen LogP contribution in [0.4, 0.5) is 5.69 Å². The third kappa shape index (κ3) is 2.40. The molecule has 5 nitrogen and oxygen atoms in total. The van der Waals surface area contributed by atoms with Crippen molar-refractivity contribution in [1.29, 1.82) is 0 Å². The molecule has 1 amide bonds. The van der Waals surface area contributed by atoms with Crippen LogP contribution in [0, 0.1) is 0 Å². The number of carbonyl (C=O) groups is 1. The predicted octanol–water partition coefficient (Wildman–Crippen LogP) is 2.34. The molecule has 1 aliphatic rings. The van der Waals surface area contributed by atoms with Crippen LogP contribution in [0.5, 0.6) is 0 Å². The standard InChI is InChI=1S/C13H16N4OS/c14-9-10-13(16-7-6-15-10)19-11(9)12(18)17-8-4-2-1-3-5-8/h6-8H,1-5,14H2,(H,17,18). The zero-order chi connectivity index (χ0) is 13.2. The number of nitrogen functional groups attached to an aromatic ring is 1. The second kappa shape index (κ2) is 5.13. The van der Waals surface area contributed by atoms with Gasteiger partial charge in [0, 0.05) is 18.4 Å². The Kier molecular flexibility index (Phi) is 3.33. The molecule has 1 saturated carbocycles. The first-order valence-corrected chi connectivity index (χ1v) is 7.37. The van der Waals surface area contributed by atoms with Gasteiger partial charge in [-0.2, -0.15) is 0 Å². The third-order valence-corrected chi connectivity index (χ3v) is 4.61. The molecular weight excluding hydrogens is 260 g/mol. The number of thiophene rings is 1. The maximum absolute atomic E-state index is 12.3. The molecule has 3 rings (SSSR count). The van der Waals surface area contributed by atoms with Crippen molar-refractivity contribution in [3.8, 4) is 0 Å². The molecule has 6 heteroatoms. The number of hydrogen-bond acceptors (Lipinski definition) is 5. The predicted molar refractivity (Wildman–Crippen MR) is 76.2 cm³/mol. The molecular formula is C13H16N4OS. The van der Waals surface area contributed by atoms with Gasteiger partial charge in [0.2, 0.25) is 0 Å². The van der Waals surface area contributed by atoms with E-state index in [1.165, 1.54) is 30.6 Å². The summed E-state index contributed by atoms with van der Waals surface area (Å²) in [6, 6.07) is 0.284. The van der Waals surface area contributed by atoms with Gasteiger partial charge in [-0.1, -0.05) is 19.3 Å². The minimum Gasteiger partial charge on any atom is -0.396 e. The number of carbonyl (C=O) groups excluding carboxylic acids is 1. The Morgan fingerprint density at radius 1 is 1.26 bits per heavy atom. The Morgan fingerprint density at radius 3 is 2.74 bits per heavy atom. The number of fused-ring (bicyclic) bond motifs is 1. The molecule has 0 radical (unpaired) electrons. The fraction of sp³-hybridized carbons (Fsp3) is 0.462. The van der Waals surface area contributed by atoms with Gasteiger partial charge in [-0.25, -0.2) is 9.97 Å². The van der Waals surface area contributed by atoms with Gasteiger partial charge in [-0.3, -0.25) is 4.79 Å². The van der Waals surface area contributed by atoms with E-state index in [2.05, 4.69) is 15.3 Å². The van der Waals surface area contributed by atoms with Crippen LogP contribution >= 0.6 is 11.3 Å². The highest BCUT2D eigenvalue weighted by molar-refractivity contribution is 7.21. The van der Waals surface area contributed by atoms with Crippen molar-refractivity contribution < 1.29 is 4.79 Å². The summed E-state index contributed by atoms with van der Waals surface area (Å²) >= 11 is 1.31. The molecule has 1 aliphatic carbocycles. The van der Waals surface area contributed by atoms with E-state index in [-0.39, 0.29) is 11.9 Å². The number of amides is 1. The molecule has 0 saturated heterocycles. The molecule has 0 aromatic carbocycles. The van der Waals surface area contributed by atoms with Gasteiger partial charge in [0.25, 0.3) is 5.91 Å². The number of hydrogen-bond donors (Lipinski definition) is 2. The highest BCUT2D eigenvalue weighted by Crippen LogP contribution is 2.30. The first-order valence-electron chi connectivity index (χ1n) is 6.55. The van der Waals surface area contributed by atoms with Gasteiger partial charge >= 0.3 is 0 Å². The SMILES string of the molecule is Nc1c(C(=O)NC2CCCCC2)sc2nccnc12. The van der Waals surface area contributed by atoms with Gasteiger partial charge in [-0.05, 0) is 12.8 Å². The molecule has 2 aromatic rings. The fourth-order valence-corrected chi connectivity index (χ4v) is 3.43. The second-order valence-electron chi connectivity index (χ2n) is 4.86. The largest absolute Gasteiger partial charge is 0.396 e. The van der Waals surface area contributed by atoms with Crippen molar-refractivity contribution in [2.75, 3.05) is 5.73 Å². The number of nitrogens with one attached hydrogen (secondary N) is 1. The van der Waals surface area contributed by atoms with Crippen LogP contribution in [0.1, 0.15) is 41.8 Å². The van der Waals surface area contributed by atoms with E-state index in [4.69, 9.17) is 5.73 Å². The van der Waals surface area contributed by atoms with Gasteiger partial charge in [0.1, 0.15) is 15.2 Å². The van der Waals surface area contributed by atoms with Crippen molar-refractivity contribution >= 4 is 33.3 Å². The lowest BCUT2D eigenvalue weighted by atomic mass is 9.95. The molecule has 100 valence electrons. The molecule has 2 aromatic heterocycles. The molecule has 19 heavy (non-hydrogen) atoms. The highest BCUT2D eigenvalue weighted by atomic mass is 32.1. The van der Waals surface area contributed by atoms with Gasteiger partial charge in [0.05, 0.1) is 5.69 Å². The molecule has 1 fully saturated rings. The molecule has 0 atom stereocenters. The van der Waals surface area contributed by atoms with Crippen LogP contribution in [0.2, 0.25) is 0 Å². The summed E-state index contributed by atoms with van der Waals surface area (Å²) in [5.41, 5.74) is 7.06. The van der Waals surface area contributed by atoms with Crippen LogP contribution in [0.3, 0.4) is 0 Å². The van der Waals surface area contributed by atoms with E-state index >= 15 is 0 Å². The molecule has 3 N–H and O–H groups in total. The van der Waals surface area contributed by atoms with Gasteiger partial charge < -0.3 is 11.1 Å². The van der Waals surface area contributed by atoms with E-state index in [9.17, 15) is 4.79 Å². The van der Waals surface area contributed by atoms with Crippen LogP contribution < -0.4 is 11.1 Å². The summed E-state index contributed by atoms with van der Waals surface area (Å²) in [4.78, 5) is 21.9. The van der Waals surface area contributed by atoms with Gasteiger partial charge in [0.15, 0.2) is 0 Å². The Labute approximate surface area is 115 Å². The van der Waals surface area contributed by atoms with Crippen LogP contribution in [0.15, 0.2) is 12.4 Å². The summed E-state index contributed by atoms with van der Waals surface area (Å²) in [6.07, 6.45) is 8.98. The summed E-state index contributed by atoms with van der Waals surface area (Å²) in [7, 11) is 0. The number of anilines is 1. The number of nitrogens with two attached hydrogens (primary N) is 1. The van der Waals surface area contributed by atoms with Crippen LogP contribution in [0.25, 0.3) is 10.3 Å². The average Bonchev–Trinajstić information content (AvgIpc) is 2.78. The Morgan fingerprint density at radius 2 is 2.00 bits per heavy atom. The topological polar surface area (TPSA) is 80.9 Å². The van der Waals surface area contributed by atoms with E-state index in [1.54, 1.807) is 12.4 Å². The third-order valence-electron chi connectivity index (χ3n) is 3.51. The summed E-state index contributed by atoms with van der Waals surface area (Å²) < 4.78 is 0. The van der Waals surface area contributed by atoms with E-state index < -0.39 is 0 Å². The van der Waals surface area contributed by atoms with Crippen molar-refractivity contribution in [2.24, 2.45) is 0 Å². The Bertz CT molecular complexity index is 604. The summed E-state index contributed by atoms with van der Waals surface area (Å²) in [5.74, 6) is -0.0887. The molecule has 0 aliphatic heterocycles. The van der Waals surface area contributed by atoms with Crippen molar-refractivity contribution in [2.45, 2.75) is 38.1 Å². The van der Waals surface area contributed by atoms with Crippen molar-refractivity contribution in [1.82, 2.24) is 15.3 Å². The van der Waals surface area contributed by atoms with E-state index in [1.807, 2.05) is 0 Å². The maximum Gasteiger partial charge on any atom is 0.263 e. The first-order chi connectivity index (χ1) is 9.25. The Balaban J connectivity index is 1.83. The summed E-state index contributed by atoms with van der Waals surface area (Å²) in [5, 5.41) is 3.07. The number of nitrogens with zero attached hydrogens (tertiary/aromatic N) is 2. The molecule has 2 heterocycles. The zero-order valence-corrected chi connectivity index (χ0v) is 11.4. The summed E-state index contributed by atoms with van der Waals surface area (Å²) in [6.45, 7) is 0. The smallest absolute Gasteiger partial charge is 0.263 e. The zero-order valence-electron chi connectivity index (χ0n) is 10.6. The average molecular weight is 276 g/mol. The lowest BCUT2D eigenvalue weighted by molar-refractivity contribution is 0.0932. The minimum absolute atomic E-state index is 0.0887.